The third kappa shape index (κ3) is 4.46. The summed E-state index contributed by atoms with van der Waals surface area (Å²) in [6.45, 7) is 7.34. The molecule has 1 aromatic carbocycles. The van der Waals surface area contributed by atoms with Crippen LogP contribution in [0.25, 0.3) is 0 Å². The molecule has 1 unspecified atom stereocenters. The highest BCUT2D eigenvalue weighted by atomic mass is 35.5. The summed E-state index contributed by atoms with van der Waals surface area (Å²) in [4.78, 5) is 4.59. The highest BCUT2D eigenvalue weighted by Crippen LogP contribution is 2.23. The van der Waals surface area contributed by atoms with Crippen molar-refractivity contribution in [3.63, 3.8) is 0 Å². The van der Waals surface area contributed by atoms with Crippen molar-refractivity contribution in [1.29, 1.82) is 0 Å². The number of likely N-dealkylation sites (N-methyl/N-ethyl adjacent to an activating group) is 1. The van der Waals surface area contributed by atoms with Gasteiger partial charge < -0.3 is 20.2 Å². The molecule has 1 atom stereocenters. The van der Waals surface area contributed by atoms with E-state index in [1.54, 1.807) is 12.1 Å². The summed E-state index contributed by atoms with van der Waals surface area (Å²) in [5.41, 5.74) is 1.31. The fraction of sp³-hybridized carbons (Fsp3) is 0.600. The Balaban J connectivity index is 1.95. The third-order valence-corrected chi connectivity index (χ3v) is 4.20. The number of nitrogens with zero attached hydrogens (tertiary/aromatic N) is 2. The van der Waals surface area contributed by atoms with Crippen LogP contribution in [0.4, 0.5) is 15.8 Å². The zero-order valence-electron chi connectivity index (χ0n) is 12.4. The summed E-state index contributed by atoms with van der Waals surface area (Å²) in [7, 11) is 0. The van der Waals surface area contributed by atoms with E-state index in [1.165, 1.54) is 0 Å². The molecule has 118 valence electrons. The smallest absolute Gasteiger partial charge is 0.148 e. The molecule has 1 aliphatic rings. The first-order valence-electron chi connectivity index (χ1n) is 7.38. The summed E-state index contributed by atoms with van der Waals surface area (Å²) >= 11 is 5.51. The summed E-state index contributed by atoms with van der Waals surface area (Å²) < 4.78 is 14.1. The Morgan fingerprint density at radius 2 is 2.05 bits per heavy atom. The standard InChI is InChI=1S/C15H23ClFN3O/c1-2-19-5-7-20(8-6-19)12-3-4-15(14(17)9-12)18-11-13(21)10-16/h3-4,9,13,18,21H,2,5-8,10-11H2,1H3. The van der Waals surface area contributed by atoms with Crippen LogP contribution in [0.1, 0.15) is 6.92 Å². The van der Waals surface area contributed by atoms with Gasteiger partial charge in [-0.1, -0.05) is 6.92 Å². The van der Waals surface area contributed by atoms with Crippen molar-refractivity contribution in [3.05, 3.63) is 24.0 Å². The zero-order valence-corrected chi connectivity index (χ0v) is 13.1. The normalized spacial score (nSPS) is 17.8. The maximum Gasteiger partial charge on any atom is 0.148 e. The molecule has 0 saturated carbocycles. The fourth-order valence-electron chi connectivity index (χ4n) is 2.45. The van der Waals surface area contributed by atoms with Gasteiger partial charge in [0.2, 0.25) is 0 Å². The molecule has 1 fully saturated rings. The molecule has 0 bridgehead atoms. The summed E-state index contributed by atoms with van der Waals surface area (Å²) in [6.07, 6.45) is -0.673. The van der Waals surface area contributed by atoms with E-state index in [2.05, 4.69) is 22.0 Å². The minimum absolute atomic E-state index is 0.133. The largest absolute Gasteiger partial charge is 0.390 e. The number of benzene rings is 1. The average molecular weight is 316 g/mol. The Hall–Kier alpha value is -1.04. The van der Waals surface area contributed by atoms with Crippen molar-refractivity contribution in [3.8, 4) is 0 Å². The number of rotatable bonds is 6. The third-order valence-electron chi connectivity index (χ3n) is 3.84. The summed E-state index contributed by atoms with van der Waals surface area (Å²) in [6, 6.07) is 5.19. The van der Waals surface area contributed by atoms with Crippen molar-refractivity contribution < 1.29 is 9.50 Å². The Labute approximate surface area is 130 Å². The first kappa shape index (κ1) is 16.3. The van der Waals surface area contributed by atoms with Crippen molar-refractivity contribution in [2.75, 3.05) is 55.4 Å². The molecule has 2 rings (SSSR count). The highest BCUT2D eigenvalue weighted by Gasteiger charge is 2.17. The minimum Gasteiger partial charge on any atom is -0.390 e. The van der Waals surface area contributed by atoms with E-state index in [0.29, 0.717) is 5.69 Å². The molecule has 0 spiro atoms. The van der Waals surface area contributed by atoms with Crippen LogP contribution in [0.15, 0.2) is 18.2 Å². The van der Waals surface area contributed by atoms with Crippen LogP contribution in [0.3, 0.4) is 0 Å². The molecule has 0 radical (unpaired) electrons. The van der Waals surface area contributed by atoms with Crippen molar-refractivity contribution in [2.45, 2.75) is 13.0 Å². The molecule has 1 heterocycles. The molecule has 6 heteroatoms. The number of aliphatic hydroxyl groups excluding tert-OH is 1. The van der Waals surface area contributed by atoms with E-state index >= 15 is 0 Å². The molecule has 2 N–H and O–H groups in total. The molecular formula is C15H23ClFN3O. The van der Waals surface area contributed by atoms with Gasteiger partial charge in [-0.25, -0.2) is 4.39 Å². The first-order valence-corrected chi connectivity index (χ1v) is 7.92. The van der Waals surface area contributed by atoms with Crippen molar-refractivity contribution >= 4 is 23.0 Å². The van der Waals surface area contributed by atoms with E-state index in [0.717, 1.165) is 38.4 Å². The second-order valence-electron chi connectivity index (χ2n) is 5.27. The van der Waals surface area contributed by atoms with Gasteiger partial charge in [-0.2, -0.15) is 0 Å². The first-order chi connectivity index (χ1) is 10.1. The number of halogens is 2. The van der Waals surface area contributed by atoms with Gasteiger partial charge in [-0.3, -0.25) is 0 Å². The average Bonchev–Trinajstić information content (AvgIpc) is 2.53. The molecule has 21 heavy (non-hydrogen) atoms. The maximum atomic E-state index is 14.1. The van der Waals surface area contributed by atoms with Crippen LogP contribution >= 0.6 is 11.6 Å². The number of hydrogen-bond acceptors (Lipinski definition) is 4. The van der Waals surface area contributed by atoms with Crippen LogP contribution in [0, 0.1) is 5.82 Å². The quantitative estimate of drug-likeness (QED) is 0.787. The van der Waals surface area contributed by atoms with Crippen LogP contribution in [0.2, 0.25) is 0 Å². The van der Waals surface area contributed by atoms with Gasteiger partial charge in [0.1, 0.15) is 5.82 Å². The maximum absolute atomic E-state index is 14.1. The predicted octanol–water partition coefficient (Wildman–Crippen LogP) is 1.98. The lowest BCUT2D eigenvalue weighted by Gasteiger charge is -2.35. The number of aliphatic hydroxyl groups is 1. The van der Waals surface area contributed by atoms with Crippen LogP contribution in [0.5, 0.6) is 0 Å². The van der Waals surface area contributed by atoms with Gasteiger partial charge in [0, 0.05) is 38.4 Å². The Morgan fingerprint density at radius 1 is 1.33 bits per heavy atom. The molecule has 0 aliphatic carbocycles. The topological polar surface area (TPSA) is 38.7 Å². The second kappa shape index (κ2) is 7.82. The molecule has 0 amide bonds. The van der Waals surface area contributed by atoms with Gasteiger partial charge in [0.15, 0.2) is 0 Å². The molecule has 0 aromatic heterocycles. The van der Waals surface area contributed by atoms with E-state index in [1.807, 2.05) is 6.07 Å². The monoisotopic (exact) mass is 315 g/mol. The lowest BCUT2D eigenvalue weighted by molar-refractivity contribution is 0.211. The van der Waals surface area contributed by atoms with Gasteiger partial charge in [0.05, 0.1) is 17.7 Å². The Kier molecular flexibility index (Phi) is 6.08. The SMILES string of the molecule is CCN1CCN(c2ccc(NCC(O)CCl)c(F)c2)CC1. The Bertz CT molecular complexity index is 453. The number of anilines is 2. The number of piperazine rings is 1. The second-order valence-corrected chi connectivity index (χ2v) is 5.58. The van der Waals surface area contributed by atoms with E-state index < -0.39 is 6.10 Å². The van der Waals surface area contributed by atoms with Crippen molar-refractivity contribution in [1.82, 2.24) is 4.90 Å². The van der Waals surface area contributed by atoms with Crippen LogP contribution < -0.4 is 10.2 Å². The molecule has 1 saturated heterocycles. The number of nitrogens with one attached hydrogen (secondary N) is 1. The summed E-state index contributed by atoms with van der Waals surface area (Å²) in [5.74, 6) is -0.166. The van der Waals surface area contributed by atoms with Gasteiger partial charge in [-0.15, -0.1) is 11.6 Å². The number of alkyl halides is 1. The highest BCUT2D eigenvalue weighted by molar-refractivity contribution is 6.18. The van der Waals surface area contributed by atoms with Gasteiger partial charge in [-0.05, 0) is 24.7 Å². The van der Waals surface area contributed by atoms with Crippen LogP contribution in [-0.4, -0.2) is 61.3 Å². The lowest BCUT2D eigenvalue weighted by atomic mass is 10.2. The zero-order chi connectivity index (χ0) is 15.2. The number of hydrogen-bond donors (Lipinski definition) is 2. The molecule has 1 aromatic rings. The Morgan fingerprint density at radius 3 is 2.62 bits per heavy atom. The van der Waals surface area contributed by atoms with Gasteiger partial charge >= 0.3 is 0 Å². The van der Waals surface area contributed by atoms with E-state index in [9.17, 15) is 9.50 Å². The predicted molar refractivity (Wildman–Crippen MR) is 85.9 cm³/mol. The van der Waals surface area contributed by atoms with E-state index in [4.69, 9.17) is 11.6 Å². The van der Waals surface area contributed by atoms with Gasteiger partial charge in [0.25, 0.3) is 0 Å². The van der Waals surface area contributed by atoms with Crippen molar-refractivity contribution in [2.24, 2.45) is 0 Å². The molecule has 4 nitrogen and oxygen atoms in total. The molecular weight excluding hydrogens is 293 g/mol. The fourth-order valence-corrected chi connectivity index (χ4v) is 2.56. The lowest BCUT2D eigenvalue weighted by Crippen LogP contribution is -2.46. The van der Waals surface area contributed by atoms with E-state index in [-0.39, 0.29) is 18.2 Å². The summed E-state index contributed by atoms with van der Waals surface area (Å²) in [5, 5.41) is 12.3. The van der Waals surface area contributed by atoms with Crippen LogP contribution in [-0.2, 0) is 0 Å². The minimum atomic E-state index is -0.673. The molecule has 1 aliphatic heterocycles.